The van der Waals surface area contributed by atoms with Crippen molar-refractivity contribution >= 4 is 5.69 Å². The van der Waals surface area contributed by atoms with E-state index in [0.29, 0.717) is 11.8 Å². The summed E-state index contributed by atoms with van der Waals surface area (Å²) in [6.07, 6.45) is 1.22. The molecule has 1 aromatic heterocycles. The molecule has 2 atom stereocenters. The number of rotatable bonds is 5. The number of benzene rings is 1. The van der Waals surface area contributed by atoms with E-state index in [1.807, 2.05) is 10.6 Å². The van der Waals surface area contributed by atoms with Crippen LogP contribution < -0.4 is 10.5 Å². The largest absolute Gasteiger partial charge is 0.372 e. The number of piperidine rings is 1. The fourth-order valence-corrected chi connectivity index (χ4v) is 4.78. The maximum absolute atomic E-state index is 12.1. The number of likely N-dealkylation sites (tertiary alicyclic amines) is 1. The highest BCUT2D eigenvalue weighted by Crippen LogP contribution is 2.35. The summed E-state index contributed by atoms with van der Waals surface area (Å²) in [5.74, 6) is 1.09. The van der Waals surface area contributed by atoms with Gasteiger partial charge in [-0.15, -0.1) is 0 Å². The molecule has 4 nitrogen and oxygen atoms in total. The molecule has 2 aromatic rings. The summed E-state index contributed by atoms with van der Waals surface area (Å²) in [4.78, 5) is 17.1. The van der Waals surface area contributed by atoms with Crippen LogP contribution in [-0.2, 0) is 13.1 Å². The minimum absolute atomic E-state index is 0.164. The van der Waals surface area contributed by atoms with Gasteiger partial charge in [0.25, 0.3) is 5.56 Å². The third kappa shape index (κ3) is 3.30. The molecule has 3 heterocycles. The van der Waals surface area contributed by atoms with Crippen LogP contribution in [0.5, 0.6) is 0 Å². The van der Waals surface area contributed by atoms with Crippen LogP contribution in [-0.4, -0.2) is 35.6 Å². The van der Waals surface area contributed by atoms with Crippen molar-refractivity contribution in [2.24, 2.45) is 5.92 Å². The lowest BCUT2D eigenvalue weighted by molar-refractivity contribution is 0.114. The lowest BCUT2D eigenvalue weighted by Gasteiger charge is -2.42. The van der Waals surface area contributed by atoms with Crippen molar-refractivity contribution in [2.75, 3.05) is 31.1 Å². The smallest absolute Gasteiger partial charge is 0.250 e. The molecule has 1 aromatic carbocycles. The van der Waals surface area contributed by atoms with E-state index in [-0.39, 0.29) is 5.56 Å². The number of fused-ring (bicyclic) bond motifs is 4. The monoisotopic (exact) mass is 351 g/mol. The van der Waals surface area contributed by atoms with Gasteiger partial charge < -0.3 is 9.47 Å². The van der Waals surface area contributed by atoms with E-state index in [4.69, 9.17) is 0 Å². The quantitative estimate of drug-likeness (QED) is 0.827. The average molecular weight is 351 g/mol. The Morgan fingerprint density at radius 1 is 1.00 bits per heavy atom. The molecule has 0 radical (unpaired) electrons. The van der Waals surface area contributed by atoms with E-state index in [1.165, 1.54) is 23.4 Å². The first kappa shape index (κ1) is 17.3. The highest BCUT2D eigenvalue weighted by Gasteiger charge is 2.34. The Bertz CT molecular complexity index is 807. The summed E-state index contributed by atoms with van der Waals surface area (Å²) in [5.41, 5.74) is 4.09. The minimum Gasteiger partial charge on any atom is -0.372 e. The summed E-state index contributed by atoms with van der Waals surface area (Å²) in [7, 11) is 0. The van der Waals surface area contributed by atoms with Crippen LogP contribution in [0.3, 0.4) is 0 Å². The van der Waals surface area contributed by atoms with Gasteiger partial charge in [-0.3, -0.25) is 9.69 Å². The van der Waals surface area contributed by atoms with Gasteiger partial charge in [-0.05, 0) is 49.9 Å². The maximum Gasteiger partial charge on any atom is 0.250 e. The van der Waals surface area contributed by atoms with E-state index in [9.17, 15) is 4.79 Å². The first-order valence-corrected chi connectivity index (χ1v) is 9.94. The van der Waals surface area contributed by atoms with Crippen molar-refractivity contribution in [2.45, 2.75) is 39.3 Å². The Morgan fingerprint density at radius 2 is 1.77 bits per heavy atom. The van der Waals surface area contributed by atoms with Gasteiger partial charge in [0.15, 0.2) is 0 Å². The van der Waals surface area contributed by atoms with Gasteiger partial charge in [0.05, 0.1) is 0 Å². The first-order valence-electron chi connectivity index (χ1n) is 9.94. The highest BCUT2D eigenvalue weighted by molar-refractivity contribution is 5.47. The SMILES string of the molecule is CCN(CC)c1ccc(CN2C[C@@H]3C[C@H](C2)c2cccc(=O)n2C3)cc1. The number of hydrogen-bond acceptors (Lipinski definition) is 3. The third-order valence-electron chi connectivity index (χ3n) is 6.03. The fraction of sp³-hybridized carbons (Fsp3) is 0.500. The average Bonchev–Trinajstić information content (AvgIpc) is 2.65. The Morgan fingerprint density at radius 3 is 2.50 bits per heavy atom. The molecule has 1 fully saturated rings. The van der Waals surface area contributed by atoms with Gasteiger partial charge in [-0.1, -0.05) is 18.2 Å². The van der Waals surface area contributed by atoms with Crippen molar-refractivity contribution in [1.82, 2.24) is 9.47 Å². The van der Waals surface area contributed by atoms with Crippen molar-refractivity contribution in [3.05, 3.63) is 64.1 Å². The standard InChI is InChI=1S/C22H29N3O/c1-3-24(4-2)20-10-8-17(9-11-20)13-23-14-18-12-19(16-23)21-6-5-7-22(26)25(21)15-18/h5-11,18-19H,3-4,12-16H2,1-2H3/t18-,19+/m0/s1. The van der Waals surface area contributed by atoms with Crippen LogP contribution in [0.4, 0.5) is 5.69 Å². The molecule has 0 aliphatic carbocycles. The van der Waals surface area contributed by atoms with Crippen LogP contribution in [0.25, 0.3) is 0 Å². The minimum atomic E-state index is 0.164. The summed E-state index contributed by atoms with van der Waals surface area (Å²) in [5, 5.41) is 0. The number of hydrogen-bond donors (Lipinski definition) is 0. The zero-order chi connectivity index (χ0) is 18.1. The zero-order valence-electron chi connectivity index (χ0n) is 15.9. The van der Waals surface area contributed by atoms with E-state index < -0.39 is 0 Å². The lowest BCUT2D eigenvalue weighted by Crippen LogP contribution is -2.46. The molecule has 2 aliphatic heterocycles. The second-order valence-corrected chi connectivity index (χ2v) is 7.73. The van der Waals surface area contributed by atoms with Gasteiger partial charge in [0, 0.05) is 62.6 Å². The van der Waals surface area contributed by atoms with E-state index >= 15 is 0 Å². The lowest BCUT2D eigenvalue weighted by atomic mass is 9.83. The van der Waals surface area contributed by atoms with Crippen LogP contribution >= 0.6 is 0 Å². The van der Waals surface area contributed by atoms with Gasteiger partial charge in [0.2, 0.25) is 0 Å². The van der Waals surface area contributed by atoms with Crippen molar-refractivity contribution in [3.8, 4) is 0 Å². The number of aromatic nitrogens is 1. The van der Waals surface area contributed by atoms with Crippen molar-refractivity contribution in [3.63, 3.8) is 0 Å². The Kier molecular flexibility index (Phi) is 4.86. The molecular formula is C22H29N3O. The van der Waals surface area contributed by atoms with Crippen molar-refractivity contribution < 1.29 is 0 Å². The Hall–Kier alpha value is -2.07. The molecule has 0 amide bonds. The number of anilines is 1. The van der Waals surface area contributed by atoms with Gasteiger partial charge in [0.1, 0.15) is 0 Å². The first-order chi connectivity index (χ1) is 12.7. The van der Waals surface area contributed by atoms with E-state index in [1.54, 1.807) is 6.07 Å². The zero-order valence-corrected chi connectivity index (χ0v) is 15.9. The molecule has 26 heavy (non-hydrogen) atoms. The second-order valence-electron chi connectivity index (χ2n) is 7.73. The Balaban J connectivity index is 1.47. The van der Waals surface area contributed by atoms with Crippen LogP contribution in [0, 0.1) is 5.92 Å². The second kappa shape index (κ2) is 7.28. The molecule has 0 unspecified atom stereocenters. The molecule has 2 bridgehead atoms. The van der Waals surface area contributed by atoms with Crippen LogP contribution in [0.1, 0.15) is 37.4 Å². The summed E-state index contributed by atoms with van der Waals surface area (Å²) in [6, 6.07) is 14.8. The molecule has 0 saturated carbocycles. The summed E-state index contributed by atoms with van der Waals surface area (Å²) < 4.78 is 2.01. The van der Waals surface area contributed by atoms with Gasteiger partial charge in [-0.25, -0.2) is 0 Å². The topological polar surface area (TPSA) is 28.5 Å². The van der Waals surface area contributed by atoms with Crippen LogP contribution in [0.2, 0.25) is 0 Å². The molecule has 138 valence electrons. The molecule has 0 spiro atoms. The molecule has 4 rings (SSSR count). The highest BCUT2D eigenvalue weighted by atomic mass is 16.1. The van der Waals surface area contributed by atoms with Gasteiger partial charge in [-0.2, -0.15) is 0 Å². The van der Waals surface area contributed by atoms with Gasteiger partial charge >= 0.3 is 0 Å². The van der Waals surface area contributed by atoms with E-state index in [2.05, 4.69) is 54.0 Å². The molecule has 1 saturated heterocycles. The fourth-order valence-electron chi connectivity index (χ4n) is 4.78. The summed E-state index contributed by atoms with van der Waals surface area (Å²) >= 11 is 0. The van der Waals surface area contributed by atoms with Crippen LogP contribution in [0.15, 0.2) is 47.3 Å². The molecule has 2 aliphatic rings. The predicted molar refractivity (Wildman–Crippen MR) is 107 cm³/mol. The normalized spacial score (nSPS) is 22.1. The van der Waals surface area contributed by atoms with Crippen molar-refractivity contribution in [1.29, 1.82) is 0 Å². The number of pyridine rings is 1. The summed E-state index contributed by atoms with van der Waals surface area (Å²) in [6.45, 7) is 10.5. The number of nitrogens with zero attached hydrogens (tertiary/aromatic N) is 3. The molecular weight excluding hydrogens is 322 g/mol. The Labute approximate surface area is 156 Å². The third-order valence-corrected chi connectivity index (χ3v) is 6.03. The molecule has 4 heteroatoms. The molecule has 0 N–H and O–H groups in total. The predicted octanol–water partition coefficient (Wildman–Crippen LogP) is 3.31. The maximum atomic E-state index is 12.1. The van der Waals surface area contributed by atoms with E-state index in [0.717, 1.165) is 39.3 Å².